The fourth-order valence-corrected chi connectivity index (χ4v) is 4.19. The molecule has 2 amide bonds. The molecular formula is C28H22FN3O5. The van der Waals surface area contributed by atoms with Crippen LogP contribution in [0.15, 0.2) is 72.9 Å². The summed E-state index contributed by atoms with van der Waals surface area (Å²) in [5.41, 5.74) is 6.10. The van der Waals surface area contributed by atoms with E-state index in [9.17, 15) is 18.8 Å². The lowest BCUT2D eigenvalue weighted by Gasteiger charge is -2.26. The van der Waals surface area contributed by atoms with Gasteiger partial charge in [-0.2, -0.15) is 0 Å². The molecular weight excluding hydrogens is 477 g/mol. The van der Waals surface area contributed by atoms with Crippen molar-refractivity contribution in [3.63, 3.8) is 0 Å². The standard InChI is InChI=1S/C28H22FN3O5/c1-36-25-15-23-22(14-17(25)16-33)24(10-13-31-23)37-21-8-6-20(7-9-21)32(19-4-2-18(29)3-5-19)27(35)28(11-12-28)26(30)34/h2-10,13-16H,11-12H2,1H3,(H2,30,34). The molecule has 0 bridgehead atoms. The lowest BCUT2D eigenvalue weighted by molar-refractivity contribution is -0.133. The van der Waals surface area contributed by atoms with E-state index < -0.39 is 23.0 Å². The Morgan fingerprint density at radius 1 is 1.00 bits per heavy atom. The van der Waals surface area contributed by atoms with E-state index in [1.807, 2.05) is 0 Å². The second kappa shape index (κ2) is 9.34. The zero-order chi connectivity index (χ0) is 26.2. The minimum absolute atomic E-state index is 0.361. The molecule has 1 aliphatic carbocycles. The SMILES string of the molecule is COc1cc2nccc(Oc3ccc(N(C(=O)C4(C(N)=O)CC4)c4ccc(F)cc4)cc3)c2cc1C=O. The number of benzene rings is 3. The number of aromatic nitrogens is 1. The highest BCUT2D eigenvalue weighted by atomic mass is 19.1. The number of anilines is 2. The maximum Gasteiger partial charge on any atom is 0.247 e. The summed E-state index contributed by atoms with van der Waals surface area (Å²) in [5, 5.41) is 0.620. The first-order valence-electron chi connectivity index (χ1n) is 11.5. The fourth-order valence-electron chi connectivity index (χ4n) is 4.19. The van der Waals surface area contributed by atoms with E-state index in [-0.39, 0.29) is 0 Å². The number of hydrogen-bond donors (Lipinski definition) is 1. The van der Waals surface area contributed by atoms with Crippen molar-refractivity contribution >= 4 is 40.4 Å². The predicted octanol–water partition coefficient (Wildman–Crippen LogP) is 4.92. The van der Waals surface area contributed by atoms with Crippen LogP contribution in [-0.2, 0) is 9.59 Å². The van der Waals surface area contributed by atoms with Crippen molar-refractivity contribution in [2.45, 2.75) is 12.8 Å². The summed E-state index contributed by atoms with van der Waals surface area (Å²) in [7, 11) is 1.48. The summed E-state index contributed by atoms with van der Waals surface area (Å²) in [6.45, 7) is 0. The van der Waals surface area contributed by atoms with E-state index in [0.717, 1.165) is 0 Å². The Morgan fingerprint density at radius 2 is 1.65 bits per heavy atom. The molecule has 2 N–H and O–H groups in total. The average molecular weight is 499 g/mol. The normalized spacial score (nSPS) is 13.6. The highest BCUT2D eigenvalue weighted by Crippen LogP contribution is 2.49. The minimum atomic E-state index is -1.27. The van der Waals surface area contributed by atoms with Gasteiger partial charge in [0.1, 0.15) is 28.5 Å². The molecule has 5 rings (SSSR count). The van der Waals surface area contributed by atoms with E-state index in [2.05, 4.69) is 4.98 Å². The van der Waals surface area contributed by atoms with Crippen LogP contribution in [0.3, 0.4) is 0 Å². The molecule has 4 aromatic rings. The summed E-state index contributed by atoms with van der Waals surface area (Å²) < 4.78 is 24.9. The first-order valence-corrected chi connectivity index (χ1v) is 11.5. The number of pyridine rings is 1. The quantitative estimate of drug-likeness (QED) is 0.272. The smallest absolute Gasteiger partial charge is 0.247 e. The van der Waals surface area contributed by atoms with Crippen LogP contribution in [0.4, 0.5) is 15.8 Å². The highest BCUT2D eigenvalue weighted by molar-refractivity contribution is 6.16. The van der Waals surface area contributed by atoms with Crippen LogP contribution < -0.4 is 20.1 Å². The minimum Gasteiger partial charge on any atom is -0.496 e. The molecule has 186 valence electrons. The van der Waals surface area contributed by atoms with E-state index in [0.29, 0.717) is 64.2 Å². The van der Waals surface area contributed by atoms with Crippen LogP contribution in [-0.4, -0.2) is 30.2 Å². The van der Waals surface area contributed by atoms with Crippen molar-refractivity contribution in [1.29, 1.82) is 0 Å². The van der Waals surface area contributed by atoms with Crippen molar-refractivity contribution in [1.82, 2.24) is 4.98 Å². The Bertz CT molecular complexity index is 1520. The number of carbonyl (C=O) groups is 3. The fraction of sp³-hybridized carbons (Fsp3) is 0.143. The lowest BCUT2D eigenvalue weighted by Crippen LogP contribution is -2.41. The number of amides is 2. The van der Waals surface area contributed by atoms with Crippen molar-refractivity contribution in [3.8, 4) is 17.2 Å². The Kier molecular flexibility index (Phi) is 6.04. The molecule has 8 nitrogen and oxygen atoms in total. The largest absolute Gasteiger partial charge is 0.496 e. The second-order valence-electron chi connectivity index (χ2n) is 8.70. The number of aldehydes is 1. The third-order valence-corrected chi connectivity index (χ3v) is 6.42. The maximum atomic E-state index is 13.6. The summed E-state index contributed by atoms with van der Waals surface area (Å²) in [5.74, 6) is -0.249. The number of ether oxygens (including phenoxy) is 2. The molecule has 0 spiro atoms. The molecule has 0 unspecified atom stereocenters. The number of rotatable bonds is 8. The number of methoxy groups -OCH3 is 1. The molecule has 1 saturated carbocycles. The summed E-state index contributed by atoms with van der Waals surface area (Å²) in [6, 6.07) is 17.1. The van der Waals surface area contributed by atoms with Gasteiger partial charge in [0.05, 0.1) is 18.2 Å². The molecule has 1 heterocycles. The zero-order valence-corrected chi connectivity index (χ0v) is 19.8. The molecule has 1 fully saturated rings. The lowest BCUT2D eigenvalue weighted by atomic mass is 10.0. The van der Waals surface area contributed by atoms with Gasteiger partial charge in [-0.15, -0.1) is 0 Å². The number of halogens is 1. The topological polar surface area (TPSA) is 112 Å². The molecule has 0 radical (unpaired) electrons. The van der Waals surface area contributed by atoms with Crippen molar-refractivity contribution in [2.75, 3.05) is 12.0 Å². The summed E-state index contributed by atoms with van der Waals surface area (Å²) in [6.07, 6.45) is 3.01. The first kappa shape index (κ1) is 23.9. The number of nitrogens with two attached hydrogens (primary N) is 1. The third kappa shape index (κ3) is 4.35. The molecule has 0 saturated heterocycles. The van der Waals surface area contributed by atoms with E-state index in [4.69, 9.17) is 15.2 Å². The van der Waals surface area contributed by atoms with Crippen LogP contribution in [0.1, 0.15) is 23.2 Å². The van der Waals surface area contributed by atoms with E-state index >= 15 is 0 Å². The first-order chi connectivity index (χ1) is 17.9. The van der Waals surface area contributed by atoms with Gasteiger partial charge in [-0.3, -0.25) is 24.3 Å². The van der Waals surface area contributed by atoms with Gasteiger partial charge in [-0.25, -0.2) is 4.39 Å². The van der Waals surface area contributed by atoms with E-state index in [1.165, 1.54) is 36.3 Å². The van der Waals surface area contributed by atoms with Crippen LogP contribution in [0.5, 0.6) is 17.2 Å². The second-order valence-corrected chi connectivity index (χ2v) is 8.70. The summed E-state index contributed by atoms with van der Waals surface area (Å²) >= 11 is 0. The van der Waals surface area contributed by atoms with Gasteiger partial charge in [0.2, 0.25) is 11.8 Å². The van der Waals surface area contributed by atoms with Crippen LogP contribution in [0, 0.1) is 11.2 Å². The van der Waals surface area contributed by atoms with Crippen molar-refractivity contribution < 1.29 is 28.2 Å². The number of primary amides is 1. The highest BCUT2D eigenvalue weighted by Gasteiger charge is 2.57. The third-order valence-electron chi connectivity index (χ3n) is 6.42. The Labute approximate surface area is 211 Å². The van der Waals surface area contributed by atoms with Crippen LogP contribution in [0.2, 0.25) is 0 Å². The summed E-state index contributed by atoms with van der Waals surface area (Å²) in [4.78, 5) is 42.7. The average Bonchev–Trinajstić information content (AvgIpc) is 3.73. The van der Waals surface area contributed by atoms with Gasteiger partial charge in [-0.1, -0.05) is 0 Å². The number of fused-ring (bicyclic) bond motifs is 1. The molecule has 37 heavy (non-hydrogen) atoms. The number of nitrogens with zero attached hydrogens (tertiary/aromatic N) is 2. The monoisotopic (exact) mass is 499 g/mol. The Balaban J connectivity index is 1.48. The Hall–Kier alpha value is -4.79. The van der Waals surface area contributed by atoms with Gasteiger partial charge in [0, 0.05) is 29.0 Å². The van der Waals surface area contributed by atoms with E-state index in [1.54, 1.807) is 48.7 Å². The Morgan fingerprint density at radius 3 is 2.22 bits per heavy atom. The van der Waals surface area contributed by atoms with Gasteiger partial charge in [0.25, 0.3) is 0 Å². The van der Waals surface area contributed by atoms with Gasteiger partial charge >= 0.3 is 0 Å². The van der Waals surface area contributed by atoms with Gasteiger partial charge in [-0.05, 0) is 73.5 Å². The van der Waals surface area contributed by atoms with Crippen LogP contribution in [0.25, 0.3) is 10.9 Å². The molecule has 0 atom stereocenters. The van der Waals surface area contributed by atoms with Crippen LogP contribution >= 0.6 is 0 Å². The molecule has 1 aliphatic rings. The predicted molar refractivity (Wildman–Crippen MR) is 135 cm³/mol. The maximum absolute atomic E-state index is 13.6. The number of carbonyl (C=O) groups excluding carboxylic acids is 3. The van der Waals surface area contributed by atoms with Crippen molar-refractivity contribution in [3.05, 3.63) is 84.3 Å². The number of hydrogen-bond acceptors (Lipinski definition) is 6. The zero-order valence-electron chi connectivity index (χ0n) is 19.8. The molecule has 9 heteroatoms. The van der Waals surface area contributed by atoms with Gasteiger partial charge in [0.15, 0.2) is 6.29 Å². The van der Waals surface area contributed by atoms with Crippen molar-refractivity contribution in [2.24, 2.45) is 11.1 Å². The molecule has 0 aliphatic heterocycles. The van der Waals surface area contributed by atoms with Gasteiger partial charge < -0.3 is 15.2 Å². The molecule has 1 aromatic heterocycles. The molecule has 3 aromatic carbocycles.